The second-order valence-corrected chi connectivity index (χ2v) is 2.13. The van der Waals surface area contributed by atoms with Crippen molar-refractivity contribution < 1.29 is 9.90 Å². The van der Waals surface area contributed by atoms with Gasteiger partial charge >= 0.3 is 5.97 Å². The minimum absolute atomic E-state index is 0.159. The SMILES string of the molecule is CC(C(=N)N)C(N)C(=O)[OH2+]. The molecule has 0 amide bonds. The summed E-state index contributed by atoms with van der Waals surface area (Å²) in [5.74, 6) is -1.58. The fourth-order valence-electron chi connectivity index (χ4n) is 0.421. The monoisotopic (exact) mass is 146 g/mol. The predicted molar refractivity (Wildman–Crippen MR) is 37.7 cm³/mol. The third-order valence-corrected chi connectivity index (χ3v) is 1.33. The number of rotatable bonds is 3. The molecule has 0 aliphatic rings. The van der Waals surface area contributed by atoms with E-state index < -0.39 is 17.9 Å². The molecule has 7 N–H and O–H groups in total. The predicted octanol–water partition coefficient (Wildman–Crippen LogP) is -1.86. The van der Waals surface area contributed by atoms with Crippen molar-refractivity contribution in [1.29, 1.82) is 5.41 Å². The summed E-state index contributed by atoms with van der Waals surface area (Å²) >= 11 is 0. The standard InChI is InChI=1S/C5H11N3O2/c1-2(4(7)8)3(6)5(9)10/h2-3H,6H2,1H3,(H3,7,8)(H,9,10)/p+1. The summed E-state index contributed by atoms with van der Waals surface area (Å²) < 4.78 is 0. The number of nitrogens with one attached hydrogen (secondary N) is 1. The van der Waals surface area contributed by atoms with Gasteiger partial charge in [0.2, 0.25) is 0 Å². The molecule has 0 aromatic heterocycles. The third kappa shape index (κ3) is 2.02. The van der Waals surface area contributed by atoms with Crippen LogP contribution >= 0.6 is 0 Å². The Morgan fingerprint density at radius 1 is 1.70 bits per heavy atom. The molecule has 0 saturated heterocycles. The van der Waals surface area contributed by atoms with E-state index in [0.717, 1.165) is 0 Å². The molecule has 0 aromatic rings. The molecule has 0 radical (unpaired) electrons. The number of amidine groups is 1. The second-order valence-electron chi connectivity index (χ2n) is 2.13. The summed E-state index contributed by atoms with van der Waals surface area (Å²) in [7, 11) is 0. The third-order valence-electron chi connectivity index (χ3n) is 1.33. The Morgan fingerprint density at radius 3 is 2.20 bits per heavy atom. The van der Waals surface area contributed by atoms with E-state index in [-0.39, 0.29) is 5.84 Å². The molecule has 0 aromatic carbocycles. The quantitative estimate of drug-likeness (QED) is 0.246. The van der Waals surface area contributed by atoms with Crippen LogP contribution in [0.2, 0.25) is 0 Å². The van der Waals surface area contributed by atoms with Gasteiger partial charge in [-0.25, -0.2) is 0 Å². The van der Waals surface area contributed by atoms with E-state index in [4.69, 9.17) is 22.0 Å². The number of carbonyl (C=O) groups is 1. The normalized spacial score (nSPS) is 15.8. The fourth-order valence-corrected chi connectivity index (χ4v) is 0.421. The highest BCUT2D eigenvalue weighted by Crippen LogP contribution is 1.98. The highest BCUT2D eigenvalue weighted by atomic mass is 16.4. The molecule has 58 valence electrons. The van der Waals surface area contributed by atoms with E-state index in [2.05, 4.69) is 0 Å². The molecule has 0 aliphatic carbocycles. The van der Waals surface area contributed by atoms with Crippen LogP contribution in [0, 0.1) is 11.3 Å². The van der Waals surface area contributed by atoms with Crippen molar-refractivity contribution >= 4 is 11.8 Å². The van der Waals surface area contributed by atoms with Crippen molar-refractivity contribution in [1.82, 2.24) is 0 Å². The van der Waals surface area contributed by atoms with Crippen molar-refractivity contribution in [2.75, 3.05) is 0 Å². The van der Waals surface area contributed by atoms with E-state index in [9.17, 15) is 4.79 Å². The summed E-state index contributed by atoms with van der Waals surface area (Å²) in [6.45, 7) is 1.54. The molecule has 2 unspecified atom stereocenters. The van der Waals surface area contributed by atoms with Gasteiger partial charge in [0, 0.05) is 10.7 Å². The van der Waals surface area contributed by atoms with Crippen molar-refractivity contribution in [3.63, 3.8) is 0 Å². The lowest BCUT2D eigenvalue weighted by atomic mass is 10.0. The van der Waals surface area contributed by atoms with E-state index in [1.165, 1.54) is 0 Å². The van der Waals surface area contributed by atoms with Crippen LogP contribution in [0.3, 0.4) is 0 Å². The molecule has 5 heteroatoms. The number of carbonyl (C=O) groups excluding carboxylic acids is 1. The number of hydrogen-bond acceptors (Lipinski definition) is 3. The summed E-state index contributed by atoms with van der Waals surface area (Å²) in [5, 5.41) is 13.5. The first-order valence-corrected chi connectivity index (χ1v) is 2.81. The molecule has 0 saturated carbocycles. The minimum Gasteiger partial charge on any atom is -0.564 e. The lowest BCUT2D eigenvalue weighted by Crippen LogP contribution is -2.42. The zero-order valence-corrected chi connectivity index (χ0v) is 5.72. The lowest BCUT2D eigenvalue weighted by Gasteiger charge is -2.09. The van der Waals surface area contributed by atoms with E-state index in [1.807, 2.05) is 0 Å². The van der Waals surface area contributed by atoms with Crippen LogP contribution in [0.25, 0.3) is 0 Å². The molecular formula is C5H12N3O2+. The largest absolute Gasteiger partial charge is 0.564 e. The average Bonchev–Trinajstić information content (AvgIpc) is 1.84. The van der Waals surface area contributed by atoms with Crippen LogP contribution < -0.4 is 11.5 Å². The first-order valence-electron chi connectivity index (χ1n) is 2.81. The van der Waals surface area contributed by atoms with Crippen LogP contribution in [0.4, 0.5) is 0 Å². The summed E-state index contributed by atoms with van der Waals surface area (Å²) in [5.41, 5.74) is 10.2. The molecule has 5 nitrogen and oxygen atoms in total. The van der Waals surface area contributed by atoms with Crippen molar-refractivity contribution in [2.24, 2.45) is 17.4 Å². The fraction of sp³-hybridized carbons (Fsp3) is 0.600. The first kappa shape index (κ1) is 8.90. The molecule has 0 fully saturated rings. The Bertz CT molecular complexity index is 139. The van der Waals surface area contributed by atoms with Gasteiger partial charge in [0.25, 0.3) is 0 Å². The van der Waals surface area contributed by atoms with Crippen LogP contribution in [-0.4, -0.2) is 23.0 Å². The molecule has 0 aliphatic heterocycles. The van der Waals surface area contributed by atoms with Crippen molar-refractivity contribution in [3.05, 3.63) is 0 Å². The topological polar surface area (TPSA) is 116 Å². The van der Waals surface area contributed by atoms with Gasteiger partial charge in [0.1, 0.15) is 0 Å². The first-order chi connectivity index (χ1) is 4.46. The maximum absolute atomic E-state index is 10.3. The Hall–Kier alpha value is -1.10. The van der Waals surface area contributed by atoms with Crippen LogP contribution in [0.15, 0.2) is 0 Å². The van der Waals surface area contributed by atoms with Crippen LogP contribution in [-0.2, 0) is 4.79 Å². The van der Waals surface area contributed by atoms with Gasteiger partial charge in [0.05, 0.1) is 5.84 Å². The van der Waals surface area contributed by atoms with E-state index in [1.54, 1.807) is 6.92 Å². The average molecular weight is 146 g/mol. The summed E-state index contributed by atoms with van der Waals surface area (Å²) in [4.78, 5) is 10.3. The second kappa shape index (κ2) is 3.17. The van der Waals surface area contributed by atoms with E-state index >= 15 is 0 Å². The van der Waals surface area contributed by atoms with E-state index in [0.29, 0.717) is 0 Å². The van der Waals surface area contributed by atoms with Crippen LogP contribution in [0.1, 0.15) is 6.92 Å². The highest BCUT2D eigenvalue weighted by Gasteiger charge is 2.28. The Balaban J connectivity index is 4.07. The van der Waals surface area contributed by atoms with Gasteiger partial charge in [-0.2, -0.15) is 0 Å². The lowest BCUT2D eigenvalue weighted by molar-refractivity contribution is -0.139. The molecule has 0 rings (SSSR count). The van der Waals surface area contributed by atoms with Gasteiger partial charge in [-0.05, 0) is 0 Å². The molecular weight excluding hydrogens is 134 g/mol. The van der Waals surface area contributed by atoms with Crippen molar-refractivity contribution in [3.8, 4) is 0 Å². The zero-order chi connectivity index (χ0) is 8.31. The maximum atomic E-state index is 10.3. The maximum Gasteiger partial charge on any atom is 0.533 e. The van der Waals surface area contributed by atoms with Gasteiger partial charge in [-0.3, -0.25) is 5.41 Å². The van der Waals surface area contributed by atoms with Gasteiger partial charge < -0.3 is 16.6 Å². The molecule has 0 heterocycles. The summed E-state index contributed by atoms with van der Waals surface area (Å²) in [6.07, 6.45) is 0. The van der Waals surface area contributed by atoms with Gasteiger partial charge in [-0.1, -0.05) is 6.92 Å². The summed E-state index contributed by atoms with van der Waals surface area (Å²) in [6, 6.07) is -0.961. The van der Waals surface area contributed by atoms with Crippen LogP contribution in [0.5, 0.6) is 0 Å². The Morgan fingerprint density at radius 2 is 2.10 bits per heavy atom. The molecule has 10 heavy (non-hydrogen) atoms. The Labute approximate surface area is 58.5 Å². The number of hydrogen-bond donors (Lipinski definition) is 3. The number of nitrogens with two attached hydrogens (primary N) is 2. The molecule has 0 bridgehead atoms. The molecule has 0 spiro atoms. The van der Waals surface area contributed by atoms with Crippen molar-refractivity contribution in [2.45, 2.75) is 13.0 Å². The minimum atomic E-state index is -0.961. The zero-order valence-electron chi connectivity index (χ0n) is 5.72. The highest BCUT2D eigenvalue weighted by molar-refractivity contribution is 5.86. The smallest absolute Gasteiger partial charge is 0.533 e. The Kier molecular flexibility index (Phi) is 2.82. The van der Waals surface area contributed by atoms with Gasteiger partial charge in [-0.15, -0.1) is 0 Å². The molecule has 2 atom stereocenters. The van der Waals surface area contributed by atoms with Gasteiger partial charge in [0.15, 0.2) is 6.04 Å².